The Labute approximate surface area is 232 Å². The molecule has 0 radical (unpaired) electrons. The number of hydrogen-bond donors (Lipinski definition) is 2. The fourth-order valence-electron chi connectivity index (χ4n) is 4.83. The molecule has 3 aromatic rings. The third-order valence-corrected chi connectivity index (χ3v) is 7.06. The number of halogens is 5. The Morgan fingerprint density at radius 3 is 2.02 bits per heavy atom. The number of hydrogen-bond acceptors (Lipinski definition) is 6. The molecule has 41 heavy (non-hydrogen) atoms. The lowest BCUT2D eigenvalue weighted by molar-refractivity contribution is -0.253. The van der Waals surface area contributed by atoms with Crippen molar-refractivity contribution in [3.63, 3.8) is 0 Å². The number of nitrogens with zero attached hydrogens (tertiary/aromatic N) is 1. The molecule has 2 aliphatic heterocycles. The summed E-state index contributed by atoms with van der Waals surface area (Å²) >= 11 is 0. The number of nitrogens with one attached hydrogen (secondary N) is 1. The molecule has 0 spiro atoms. The fourth-order valence-corrected chi connectivity index (χ4v) is 4.83. The van der Waals surface area contributed by atoms with E-state index in [1.54, 1.807) is 12.1 Å². The number of anilines is 1. The summed E-state index contributed by atoms with van der Waals surface area (Å²) in [4.78, 5) is 14.7. The van der Waals surface area contributed by atoms with Crippen molar-refractivity contribution in [1.29, 1.82) is 0 Å². The van der Waals surface area contributed by atoms with Gasteiger partial charge in [-0.05, 0) is 23.3 Å². The highest BCUT2D eigenvalue weighted by Gasteiger charge is 2.34. The molecule has 218 valence electrons. The van der Waals surface area contributed by atoms with Gasteiger partial charge in [-0.25, -0.2) is 22.0 Å². The molecular formula is C29H27F5N2O5. The molecule has 3 atom stereocenters. The minimum absolute atomic E-state index is 0.0551. The van der Waals surface area contributed by atoms with E-state index in [1.807, 2.05) is 24.3 Å². The van der Waals surface area contributed by atoms with E-state index in [0.717, 1.165) is 24.2 Å². The predicted molar refractivity (Wildman–Crippen MR) is 136 cm³/mol. The molecule has 0 bridgehead atoms. The van der Waals surface area contributed by atoms with Crippen LogP contribution in [0.15, 0.2) is 48.5 Å². The van der Waals surface area contributed by atoms with Crippen molar-refractivity contribution < 1.29 is 46.1 Å². The van der Waals surface area contributed by atoms with E-state index in [9.17, 15) is 31.9 Å². The molecule has 2 fully saturated rings. The first-order chi connectivity index (χ1) is 19.7. The second-order valence-corrected chi connectivity index (χ2v) is 9.78. The van der Waals surface area contributed by atoms with Gasteiger partial charge in [0.25, 0.3) is 5.91 Å². The monoisotopic (exact) mass is 578 g/mol. The Hall–Kier alpha value is -3.42. The molecule has 2 aliphatic rings. The Kier molecular flexibility index (Phi) is 8.95. The average Bonchev–Trinajstić information content (AvgIpc) is 3.00. The number of carbonyl (C=O) groups excluding carboxylic acids is 1. The van der Waals surface area contributed by atoms with Gasteiger partial charge in [-0.2, -0.15) is 0 Å². The molecular weight excluding hydrogens is 551 g/mol. The summed E-state index contributed by atoms with van der Waals surface area (Å²) in [5.74, 6) is -12.7. The van der Waals surface area contributed by atoms with Crippen molar-refractivity contribution in [1.82, 2.24) is 4.90 Å². The van der Waals surface area contributed by atoms with Gasteiger partial charge in [-0.3, -0.25) is 9.69 Å². The molecule has 2 N–H and O–H groups in total. The van der Waals surface area contributed by atoms with Crippen LogP contribution >= 0.6 is 0 Å². The smallest absolute Gasteiger partial charge is 0.261 e. The maximum atomic E-state index is 14.0. The van der Waals surface area contributed by atoms with Crippen molar-refractivity contribution in [2.45, 2.75) is 31.5 Å². The lowest BCUT2D eigenvalue weighted by Crippen LogP contribution is -2.44. The van der Waals surface area contributed by atoms with Crippen molar-refractivity contribution >= 4 is 11.6 Å². The predicted octanol–water partition coefficient (Wildman–Crippen LogP) is 5.00. The van der Waals surface area contributed by atoms with Gasteiger partial charge in [0, 0.05) is 37.3 Å². The maximum Gasteiger partial charge on any atom is 0.261 e. The van der Waals surface area contributed by atoms with Crippen molar-refractivity contribution in [2.24, 2.45) is 0 Å². The third-order valence-electron chi connectivity index (χ3n) is 7.06. The molecule has 7 nitrogen and oxygen atoms in total. The van der Waals surface area contributed by atoms with Crippen LogP contribution in [0.25, 0.3) is 0 Å². The molecule has 0 aromatic heterocycles. The highest BCUT2D eigenvalue weighted by atomic mass is 19.2. The number of benzene rings is 3. The molecule has 0 aliphatic carbocycles. The first-order valence-corrected chi connectivity index (χ1v) is 13.0. The molecule has 2 heterocycles. The summed E-state index contributed by atoms with van der Waals surface area (Å²) in [6.45, 7) is 3.40. The van der Waals surface area contributed by atoms with Gasteiger partial charge in [-0.15, -0.1) is 0 Å². The first-order valence-electron chi connectivity index (χ1n) is 13.0. The number of amides is 1. The molecule has 5 rings (SSSR count). The lowest BCUT2D eigenvalue weighted by Gasteiger charge is -2.39. The van der Waals surface area contributed by atoms with Crippen LogP contribution < -0.4 is 5.32 Å². The van der Waals surface area contributed by atoms with Crippen molar-refractivity contribution in [2.75, 3.05) is 38.2 Å². The van der Waals surface area contributed by atoms with E-state index in [0.29, 0.717) is 31.7 Å². The Morgan fingerprint density at radius 1 is 0.829 bits per heavy atom. The van der Waals surface area contributed by atoms with Crippen molar-refractivity contribution in [3.05, 3.63) is 99.9 Å². The van der Waals surface area contributed by atoms with Gasteiger partial charge in [0.1, 0.15) is 5.56 Å². The van der Waals surface area contributed by atoms with Crippen LogP contribution in [0.2, 0.25) is 0 Å². The fraction of sp³-hybridized carbons (Fsp3) is 0.345. The van der Waals surface area contributed by atoms with Crippen LogP contribution in [0.5, 0.6) is 0 Å². The number of carbonyl (C=O) groups is 1. The Morgan fingerprint density at radius 2 is 1.41 bits per heavy atom. The SMILES string of the molecule is O=C(Nc1ccc([C@@H]2O[C@H](CN3CCOCC3)C[C@H](c3ccc(CO)cc3)O2)cc1)c1c(F)c(F)c(F)c(F)c1F. The number of ether oxygens (including phenoxy) is 3. The van der Waals surface area contributed by atoms with Gasteiger partial charge >= 0.3 is 0 Å². The second kappa shape index (κ2) is 12.6. The molecule has 1 amide bonds. The second-order valence-electron chi connectivity index (χ2n) is 9.78. The van der Waals surface area contributed by atoms with Crippen LogP contribution in [0.3, 0.4) is 0 Å². The highest BCUT2D eigenvalue weighted by molar-refractivity contribution is 6.04. The normalized spacial score (nSPS) is 21.6. The first kappa shape index (κ1) is 29.1. The van der Waals surface area contributed by atoms with Gasteiger partial charge in [0.15, 0.2) is 29.6 Å². The van der Waals surface area contributed by atoms with Crippen molar-refractivity contribution in [3.8, 4) is 0 Å². The zero-order valence-electron chi connectivity index (χ0n) is 21.7. The summed E-state index contributed by atoms with van der Waals surface area (Å²) in [5.41, 5.74) is 0.743. The van der Waals surface area contributed by atoms with Gasteiger partial charge in [0.2, 0.25) is 5.82 Å². The van der Waals surface area contributed by atoms with E-state index in [-0.39, 0.29) is 24.5 Å². The van der Waals surface area contributed by atoms with E-state index in [2.05, 4.69) is 10.2 Å². The molecule has 0 unspecified atom stereocenters. The van der Waals surface area contributed by atoms with E-state index in [4.69, 9.17) is 14.2 Å². The van der Waals surface area contributed by atoms with Crippen LogP contribution in [0.4, 0.5) is 27.6 Å². The van der Waals surface area contributed by atoms with E-state index in [1.165, 1.54) is 12.1 Å². The largest absolute Gasteiger partial charge is 0.392 e. The Balaban J connectivity index is 1.33. The zero-order chi connectivity index (χ0) is 29.1. The molecule has 2 saturated heterocycles. The number of rotatable bonds is 7. The van der Waals surface area contributed by atoms with Crippen LogP contribution in [0, 0.1) is 29.1 Å². The summed E-state index contributed by atoms with van der Waals surface area (Å²) in [6.07, 6.45) is -0.719. The third kappa shape index (κ3) is 6.41. The standard InChI is InChI=1S/C29H27F5N2O5/c30-23-22(24(31)26(33)27(34)25(23)32)28(38)35-19-7-5-18(6-8-19)29-40-20(14-36-9-11-39-12-10-36)13-21(41-29)17-3-1-16(15-37)2-4-17/h1-8,20-21,29,37H,9-15H2,(H,35,38)/t20-,21+,29+/m0/s1. The number of aliphatic hydroxyl groups excluding tert-OH is 1. The van der Waals surface area contributed by atoms with Gasteiger partial charge < -0.3 is 24.6 Å². The summed E-state index contributed by atoms with van der Waals surface area (Å²) in [6, 6.07) is 13.4. The minimum atomic E-state index is -2.34. The van der Waals surface area contributed by atoms with E-state index < -0.39 is 46.8 Å². The average molecular weight is 579 g/mol. The van der Waals surface area contributed by atoms with Gasteiger partial charge in [-0.1, -0.05) is 36.4 Å². The highest BCUT2D eigenvalue weighted by Crippen LogP contribution is 2.38. The minimum Gasteiger partial charge on any atom is -0.392 e. The lowest BCUT2D eigenvalue weighted by atomic mass is 9.99. The zero-order valence-corrected chi connectivity index (χ0v) is 21.7. The van der Waals surface area contributed by atoms with Crippen LogP contribution in [0.1, 0.15) is 45.9 Å². The van der Waals surface area contributed by atoms with Gasteiger partial charge in [0.05, 0.1) is 32.0 Å². The van der Waals surface area contributed by atoms with Crippen LogP contribution in [-0.2, 0) is 20.8 Å². The van der Waals surface area contributed by atoms with Crippen LogP contribution in [-0.4, -0.2) is 54.9 Å². The molecule has 0 saturated carbocycles. The maximum absolute atomic E-state index is 14.0. The number of aliphatic hydroxyl groups is 1. The van der Waals surface area contributed by atoms with E-state index >= 15 is 0 Å². The molecule has 3 aromatic carbocycles. The summed E-state index contributed by atoms with van der Waals surface area (Å²) in [7, 11) is 0. The topological polar surface area (TPSA) is 80.3 Å². The quantitative estimate of drug-likeness (QED) is 0.233. The number of morpholine rings is 1. The Bertz CT molecular complexity index is 1350. The summed E-state index contributed by atoms with van der Waals surface area (Å²) in [5, 5.41) is 11.5. The summed E-state index contributed by atoms with van der Waals surface area (Å²) < 4.78 is 86.5. The molecule has 12 heteroatoms.